The van der Waals surface area contributed by atoms with E-state index in [1.54, 1.807) is 0 Å². The normalized spacial score (nSPS) is 12.4. The predicted molar refractivity (Wildman–Crippen MR) is 82.3 cm³/mol. The van der Waals surface area contributed by atoms with Crippen molar-refractivity contribution in [2.45, 2.75) is 39.8 Å². The number of benzene rings is 2. The van der Waals surface area contributed by atoms with Gasteiger partial charge in [0, 0.05) is 12.6 Å². The molecule has 1 nitrogen and oxygen atoms in total. The van der Waals surface area contributed by atoms with Gasteiger partial charge in [-0.2, -0.15) is 0 Å². The highest BCUT2D eigenvalue weighted by molar-refractivity contribution is 5.25. The Balaban J connectivity index is 1.92. The molecular formula is C18H23N. The molecule has 1 unspecified atom stereocenters. The van der Waals surface area contributed by atoms with Crippen LogP contribution in [0.3, 0.4) is 0 Å². The summed E-state index contributed by atoms with van der Waals surface area (Å²) in [7, 11) is 0. The summed E-state index contributed by atoms with van der Waals surface area (Å²) < 4.78 is 0. The third-order valence-corrected chi connectivity index (χ3v) is 3.62. The molecule has 0 spiro atoms. The highest BCUT2D eigenvalue weighted by Crippen LogP contribution is 2.14. The first-order valence-corrected chi connectivity index (χ1v) is 7.07. The molecule has 0 aliphatic rings. The zero-order valence-electron chi connectivity index (χ0n) is 12.1. The molecule has 1 heteroatoms. The summed E-state index contributed by atoms with van der Waals surface area (Å²) in [5.74, 6) is 0. The van der Waals surface area contributed by atoms with Gasteiger partial charge in [-0.15, -0.1) is 0 Å². The molecule has 1 N–H and O–H groups in total. The van der Waals surface area contributed by atoms with Crippen LogP contribution in [0.15, 0.2) is 48.5 Å². The van der Waals surface area contributed by atoms with Gasteiger partial charge in [-0.25, -0.2) is 0 Å². The molecule has 0 aliphatic carbocycles. The first-order chi connectivity index (χ1) is 9.19. The van der Waals surface area contributed by atoms with Gasteiger partial charge in [-0.05, 0) is 37.0 Å². The Hall–Kier alpha value is -1.60. The summed E-state index contributed by atoms with van der Waals surface area (Å²) in [4.78, 5) is 0. The molecule has 0 saturated heterocycles. The second-order valence-electron chi connectivity index (χ2n) is 5.18. The van der Waals surface area contributed by atoms with Crippen LogP contribution < -0.4 is 5.32 Å². The minimum absolute atomic E-state index is 0.381. The highest BCUT2D eigenvalue weighted by Gasteiger charge is 2.04. The summed E-state index contributed by atoms with van der Waals surface area (Å²) in [5, 5.41) is 3.57. The van der Waals surface area contributed by atoms with E-state index in [1.807, 2.05) is 0 Å². The van der Waals surface area contributed by atoms with Gasteiger partial charge in [0.25, 0.3) is 0 Å². The van der Waals surface area contributed by atoms with E-state index in [0.29, 0.717) is 6.04 Å². The van der Waals surface area contributed by atoms with Gasteiger partial charge in [-0.3, -0.25) is 0 Å². The van der Waals surface area contributed by atoms with Crippen molar-refractivity contribution in [3.8, 4) is 0 Å². The molecular weight excluding hydrogens is 230 g/mol. The lowest BCUT2D eigenvalue weighted by atomic mass is 10.1. The fourth-order valence-corrected chi connectivity index (χ4v) is 2.14. The van der Waals surface area contributed by atoms with Gasteiger partial charge in [-0.1, -0.05) is 61.0 Å². The maximum Gasteiger partial charge on any atom is 0.0294 e. The van der Waals surface area contributed by atoms with Crippen LogP contribution in [0, 0.1) is 6.92 Å². The zero-order chi connectivity index (χ0) is 13.7. The molecule has 0 bridgehead atoms. The number of hydrogen-bond donors (Lipinski definition) is 1. The van der Waals surface area contributed by atoms with Gasteiger partial charge >= 0.3 is 0 Å². The molecule has 0 amide bonds. The molecule has 2 aromatic rings. The van der Waals surface area contributed by atoms with Crippen LogP contribution in [0.25, 0.3) is 0 Å². The van der Waals surface area contributed by atoms with Crippen molar-refractivity contribution in [2.75, 3.05) is 0 Å². The van der Waals surface area contributed by atoms with Crippen LogP contribution in [0.1, 0.15) is 42.1 Å². The van der Waals surface area contributed by atoms with Crippen molar-refractivity contribution in [1.82, 2.24) is 5.32 Å². The average molecular weight is 253 g/mol. The van der Waals surface area contributed by atoms with E-state index >= 15 is 0 Å². The quantitative estimate of drug-likeness (QED) is 0.832. The van der Waals surface area contributed by atoms with Crippen LogP contribution in [0.4, 0.5) is 0 Å². The molecule has 100 valence electrons. The first-order valence-electron chi connectivity index (χ1n) is 7.07. The third-order valence-electron chi connectivity index (χ3n) is 3.62. The average Bonchev–Trinajstić information content (AvgIpc) is 2.46. The summed E-state index contributed by atoms with van der Waals surface area (Å²) >= 11 is 0. The van der Waals surface area contributed by atoms with E-state index in [1.165, 1.54) is 22.3 Å². The Kier molecular flexibility index (Phi) is 4.75. The molecule has 0 aromatic heterocycles. The van der Waals surface area contributed by atoms with Crippen molar-refractivity contribution in [2.24, 2.45) is 0 Å². The van der Waals surface area contributed by atoms with Crippen molar-refractivity contribution < 1.29 is 0 Å². The molecule has 0 fully saturated rings. The molecule has 0 radical (unpaired) electrons. The Morgan fingerprint density at radius 3 is 2.05 bits per heavy atom. The summed E-state index contributed by atoms with van der Waals surface area (Å²) in [6.07, 6.45) is 1.10. The lowest BCUT2D eigenvalue weighted by Crippen LogP contribution is -2.18. The van der Waals surface area contributed by atoms with Gasteiger partial charge in [0.1, 0.15) is 0 Å². The highest BCUT2D eigenvalue weighted by atomic mass is 14.9. The lowest BCUT2D eigenvalue weighted by molar-refractivity contribution is 0.574. The molecule has 0 heterocycles. The Bertz CT molecular complexity index is 496. The topological polar surface area (TPSA) is 12.0 Å². The van der Waals surface area contributed by atoms with Crippen molar-refractivity contribution in [3.05, 3.63) is 70.8 Å². The van der Waals surface area contributed by atoms with Crippen LogP contribution in [-0.2, 0) is 13.0 Å². The van der Waals surface area contributed by atoms with E-state index in [2.05, 4.69) is 74.6 Å². The fourth-order valence-electron chi connectivity index (χ4n) is 2.14. The molecule has 2 aromatic carbocycles. The Labute approximate surface area is 116 Å². The van der Waals surface area contributed by atoms with E-state index in [-0.39, 0.29) is 0 Å². The number of rotatable bonds is 5. The summed E-state index contributed by atoms with van der Waals surface area (Å²) in [5.41, 5.74) is 5.40. The fraction of sp³-hybridized carbons (Fsp3) is 0.333. The van der Waals surface area contributed by atoms with Crippen LogP contribution >= 0.6 is 0 Å². The maximum absolute atomic E-state index is 3.57. The Morgan fingerprint density at radius 2 is 1.47 bits per heavy atom. The lowest BCUT2D eigenvalue weighted by Gasteiger charge is -2.14. The van der Waals surface area contributed by atoms with Gasteiger partial charge < -0.3 is 5.32 Å². The number of hydrogen-bond acceptors (Lipinski definition) is 1. The van der Waals surface area contributed by atoms with Gasteiger partial charge in [0.2, 0.25) is 0 Å². The SMILES string of the molecule is CCc1ccc(CNC(C)c2ccc(C)cc2)cc1. The molecule has 0 saturated carbocycles. The van der Waals surface area contributed by atoms with Crippen LogP contribution in [0.2, 0.25) is 0 Å². The minimum atomic E-state index is 0.381. The van der Waals surface area contributed by atoms with Crippen molar-refractivity contribution in [3.63, 3.8) is 0 Å². The molecule has 0 aliphatic heterocycles. The molecule has 2 rings (SSSR count). The molecule has 19 heavy (non-hydrogen) atoms. The van der Waals surface area contributed by atoms with E-state index in [9.17, 15) is 0 Å². The molecule has 1 atom stereocenters. The maximum atomic E-state index is 3.57. The van der Waals surface area contributed by atoms with Gasteiger partial charge in [0.05, 0.1) is 0 Å². The van der Waals surface area contributed by atoms with Crippen LogP contribution in [-0.4, -0.2) is 0 Å². The van der Waals surface area contributed by atoms with E-state index < -0.39 is 0 Å². The van der Waals surface area contributed by atoms with E-state index in [0.717, 1.165) is 13.0 Å². The largest absolute Gasteiger partial charge is 0.306 e. The predicted octanol–water partition coefficient (Wildman–Crippen LogP) is 4.41. The van der Waals surface area contributed by atoms with Crippen molar-refractivity contribution in [1.29, 1.82) is 0 Å². The smallest absolute Gasteiger partial charge is 0.0294 e. The van der Waals surface area contributed by atoms with Gasteiger partial charge in [0.15, 0.2) is 0 Å². The Morgan fingerprint density at radius 1 is 0.895 bits per heavy atom. The second kappa shape index (κ2) is 6.53. The van der Waals surface area contributed by atoms with E-state index in [4.69, 9.17) is 0 Å². The van der Waals surface area contributed by atoms with Crippen LogP contribution in [0.5, 0.6) is 0 Å². The monoisotopic (exact) mass is 253 g/mol. The summed E-state index contributed by atoms with van der Waals surface area (Å²) in [6.45, 7) is 7.44. The standard InChI is InChI=1S/C18H23N/c1-4-16-7-9-17(10-8-16)13-19-15(3)18-11-5-14(2)6-12-18/h5-12,15,19H,4,13H2,1-3H3. The first kappa shape index (κ1) is 13.8. The number of nitrogens with one attached hydrogen (secondary N) is 1. The second-order valence-corrected chi connectivity index (χ2v) is 5.18. The summed E-state index contributed by atoms with van der Waals surface area (Å²) in [6, 6.07) is 18.0. The zero-order valence-corrected chi connectivity index (χ0v) is 12.1. The minimum Gasteiger partial charge on any atom is -0.306 e. The third kappa shape index (κ3) is 3.93. The number of aryl methyl sites for hydroxylation is 2. The van der Waals surface area contributed by atoms with Crippen molar-refractivity contribution >= 4 is 0 Å².